The maximum absolute atomic E-state index is 10.9. The van der Waals surface area contributed by atoms with E-state index in [0.29, 0.717) is 0 Å². The van der Waals surface area contributed by atoms with Crippen LogP contribution in [0.25, 0.3) is 0 Å². The Kier molecular flexibility index (Phi) is 5.33. The summed E-state index contributed by atoms with van der Waals surface area (Å²) in [6.45, 7) is 0.206. The van der Waals surface area contributed by atoms with Crippen molar-refractivity contribution in [1.82, 2.24) is 0 Å². The van der Waals surface area contributed by atoms with Crippen LogP contribution in [0.15, 0.2) is 0 Å². The Bertz CT molecular complexity index is 184. The van der Waals surface area contributed by atoms with Gasteiger partial charge in [0.2, 0.25) is 0 Å². The number of carbonyl (C=O) groups is 1. The number of rotatable bonds is 5. The fourth-order valence-electron chi connectivity index (χ4n) is 1.88. The van der Waals surface area contributed by atoms with Gasteiger partial charge >= 0.3 is 5.97 Å². The van der Waals surface area contributed by atoms with Crippen molar-refractivity contribution < 1.29 is 15.0 Å². The topological polar surface area (TPSA) is 57.5 Å². The van der Waals surface area contributed by atoms with E-state index < -0.39 is 5.97 Å². The predicted octanol–water partition coefficient (Wildman–Crippen LogP) is 1.75. The van der Waals surface area contributed by atoms with Crippen LogP contribution in [0.4, 0.5) is 0 Å². The first-order valence-corrected chi connectivity index (χ1v) is 6.26. The third kappa shape index (κ3) is 3.50. The smallest absolute Gasteiger partial charge is 0.307 e. The molecule has 3 nitrogen and oxygen atoms in total. The van der Waals surface area contributed by atoms with Gasteiger partial charge in [0, 0.05) is 11.9 Å². The molecule has 2 unspecified atom stereocenters. The van der Waals surface area contributed by atoms with Crippen molar-refractivity contribution in [2.24, 2.45) is 5.92 Å². The summed E-state index contributed by atoms with van der Waals surface area (Å²) < 4.78 is 0. The molecule has 1 saturated carbocycles. The van der Waals surface area contributed by atoms with E-state index in [2.05, 4.69) is 0 Å². The van der Waals surface area contributed by atoms with Gasteiger partial charge in [-0.25, -0.2) is 0 Å². The maximum atomic E-state index is 10.9. The molecule has 0 radical (unpaired) electrons. The fourth-order valence-corrected chi connectivity index (χ4v) is 3.29. The minimum Gasteiger partial charge on any atom is -0.481 e. The van der Waals surface area contributed by atoms with E-state index in [-0.39, 0.29) is 17.8 Å². The van der Waals surface area contributed by atoms with Gasteiger partial charge < -0.3 is 10.2 Å². The van der Waals surface area contributed by atoms with E-state index in [4.69, 9.17) is 10.2 Å². The van der Waals surface area contributed by atoms with E-state index in [1.54, 1.807) is 11.8 Å². The lowest BCUT2D eigenvalue weighted by Gasteiger charge is -2.27. The summed E-state index contributed by atoms with van der Waals surface area (Å²) in [7, 11) is 0. The van der Waals surface area contributed by atoms with Gasteiger partial charge in [-0.3, -0.25) is 4.79 Å². The Morgan fingerprint density at radius 3 is 2.71 bits per heavy atom. The van der Waals surface area contributed by atoms with Gasteiger partial charge in [-0.15, -0.1) is 0 Å². The molecule has 4 heteroatoms. The number of aliphatic hydroxyl groups is 1. The molecular formula is C10H18O3S. The average molecular weight is 218 g/mol. The molecule has 0 bridgehead atoms. The Balaban J connectivity index is 2.34. The first-order valence-electron chi connectivity index (χ1n) is 5.21. The zero-order valence-electron chi connectivity index (χ0n) is 8.32. The van der Waals surface area contributed by atoms with Crippen LogP contribution in [-0.4, -0.2) is 33.8 Å². The van der Waals surface area contributed by atoms with Crippen LogP contribution >= 0.6 is 11.8 Å². The molecular weight excluding hydrogens is 200 g/mol. The number of hydrogen-bond acceptors (Lipinski definition) is 3. The molecule has 0 amide bonds. The SMILES string of the molecule is O=C(O)C1CCCCC1SCCCO. The first kappa shape index (κ1) is 11.9. The number of hydrogen-bond donors (Lipinski definition) is 2. The molecule has 0 saturated heterocycles. The molecule has 2 N–H and O–H groups in total. The summed E-state index contributed by atoms with van der Waals surface area (Å²) in [4.78, 5) is 10.9. The summed E-state index contributed by atoms with van der Waals surface area (Å²) in [5.74, 6) is 0.0731. The van der Waals surface area contributed by atoms with E-state index in [0.717, 1.165) is 37.9 Å². The first-order chi connectivity index (χ1) is 6.75. The van der Waals surface area contributed by atoms with Crippen LogP contribution in [0.3, 0.4) is 0 Å². The molecule has 1 fully saturated rings. The Morgan fingerprint density at radius 2 is 2.07 bits per heavy atom. The number of thioether (sulfide) groups is 1. The second-order valence-electron chi connectivity index (χ2n) is 3.72. The van der Waals surface area contributed by atoms with E-state index in [9.17, 15) is 4.79 Å². The highest BCUT2D eigenvalue weighted by Gasteiger charge is 2.30. The van der Waals surface area contributed by atoms with E-state index in [1.165, 1.54) is 0 Å². The highest BCUT2D eigenvalue weighted by atomic mass is 32.2. The van der Waals surface area contributed by atoms with Crippen LogP contribution in [0.2, 0.25) is 0 Å². The number of aliphatic carboxylic acids is 1. The molecule has 0 aromatic rings. The molecule has 1 aliphatic rings. The third-order valence-electron chi connectivity index (χ3n) is 2.65. The van der Waals surface area contributed by atoms with Crippen LogP contribution in [0, 0.1) is 5.92 Å². The predicted molar refractivity (Wildman–Crippen MR) is 57.5 cm³/mol. The molecule has 14 heavy (non-hydrogen) atoms. The number of aliphatic hydroxyl groups excluding tert-OH is 1. The van der Waals surface area contributed by atoms with Crippen LogP contribution < -0.4 is 0 Å². The van der Waals surface area contributed by atoms with Gasteiger partial charge in [0.1, 0.15) is 0 Å². The second kappa shape index (κ2) is 6.30. The maximum Gasteiger partial charge on any atom is 0.307 e. The van der Waals surface area contributed by atoms with Crippen LogP contribution in [0.1, 0.15) is 32.1 Å². The zero-order chi connectivity index (χ0) is 10.4. The van der Waals surface area contributed by atoms with Crippen molar-refractivity contribution in [2.45, 2.75) is 37.4 Å². The molecule has 2 atom stereocenters. The summed E-state index contributed by atoms with van der Waals surface area (Å²) in [6.07, 6.45) is 4.82. The molecule has 0 aromatic carbocycles. The van der Waals surface area contributed by atoms with E-state index >= 15 is 0 Å². The molecule has 82 valence electrons. The van der Waals surface area contributed by atoms with Gasteiger partial charge in [0.05, 0.1) is 5.92 Å². The van der Waals surface area contributed by atoms with Gasteiger partial charge in [0.25, 0.3) is 0 Å². The van der Waals surface area contributed by atoms with Crippen molar-refractivity contribution in [3.05, 3.63) is 0 Å². The zero-order valence-corrected chi connectivity index (χ0v) is 9.13. The minimum absolute atomic E-state index is 0.160. The molecule has 0 spiro atoms. The van der Waals surface area contributed by atoms with E-state index in [1.807, 2.05) is 0 Å². The van der Waals surface area contributed by atoms with Crippen molar-refractivity contribution in [3.63, 3.8) is 0 Å². The monoisotopic (exact) mass is 218 g/mol. The standard InChI is InChI=1S/C10H18O3S/c11-6-3-7-14-9-5-2-1-4-8(9)10(12)13/h8-9,11H,1-7H2,(H,12,13). The largest absolute Gasteiger partial charge is 0.481 e. The minimum atomic E-state index is -0.647. The van der Waals surface area contributed by atoms with Gasteiger partial charge in [-0.05, 0) is 25.0 Å². The van der Waals surface area contributed by atoms with Crippen molar-refractivity contribution in [3.8, 4) is 0 Å². The second-order valence-corrected chi connectivity index (χ2v) is 5.06. The third-order valence-corrected chi connectivity index (χ3v) is 4.17. The fraction of sp³-hybridized carbons (Fsp3) is 0.900. The lowest BCUT2D eigenvalue weighted by molar-refractivity contribution is -0.142. The lowest BCUT2D eigenvalue weighted by Crippen LogP contribution is -2.29. The van der Waals surface area contributed by atoms with Crippen molar-refractivity contribution >= 4 is 17.7 Å². The number of carboxylic acids is 1. The molecule has 1 rings (SSSR count). The lowest BCUT2D eigenvalue weighted by atomic mass is 9.89. The Labute approximate surface area is 88.9 Å². The highest BCUT2D eigenvalue weighted by molar-refractivity contribution is 7.99. The van der Waals surface area contributed by atoms with Gasteiger partial charge in [0.15, 0.2) is 0 Å². The van der Waals surface area contributed by atoms with Crippen LogP contribution in [0.5, 0.6) is 0 Å². The summed E-state index contributed by atoms with van der Waals surface area (Å²) in [5.41, 5.74) is 0. The molecule has 0 aliphatic heterocycles. The Morgan fingerprint density at radius 1 is 1.36 bits per heavy atom. The summed E-state index contributed by atoms with van der Waals surface area (Å²) in [5, 5.41) is 17.9. The number of carboxylic acid groups (broad SMARTS) is 1. The Hall–Kier alpha value is -0.220. The van der Waals surface area contributed by atoms with Crippen LogP contribution in [-0.2, 0) is 4.79 Å². The molecule has 0 heterocycles. The van der Waals surface area contributed by atoms with Gasteiger partial charge in [-0.1, -0.05) is 12.8 Å². The highest BCUT2D eigenvalue weighted by Crippen LogP contribution is 2.33. The normalized spacial score (nSPS) is 27.5. The quantitative estimate of drug-likeness (QED) is 0.690. The summed E-state index contributed by atoms with van der Waals surface area (Å²) >= 11 is 1.72. The molecule has 1 aliphatic carbocycles. The van der Waals surface area contributed by atoms with Gasteiger partial charge in [-0.2, -0.15) is 11.8 Å². The molecule has 0 aromatic heterocycles. The van der Waals surface area contributed by atoms with Crippen molar-refractivity contribution in [2.75, 3.05) is 12.4 Å². The summed E-state index contributed by atoms with van der Waals surface area (Å²) in [6, 6.07) is 0. The average Bonchev–Trinajstić information content (AvgIpc) is 2.19. The van der Waals surface area contributed by atoms with Crippen molar-refractivity contribution in [1.29, 1.82) is 0 Å².